The summed E-state index contributed by atoms with van der Waals surface area (Å²) in [6.45, 7) is 1.69. The molecule has 3 rings (SSSR count). The van der Waals surface area contributed by atoms with Gasteiger partial charge < -0.3 is 9.73 Å². The van der Waals surface area contributed by atoms with E-state index in [9.17, 15) is 4.79 Å². The first kappa shape index (κ1) is 18.4. The Hall–Kier alpha value is -2.44. The quantitative estimate of drug-likeness (QED) is 0.517. The van der Waals surface area contributed by atoms with Gasteiger partial charge in [-0.05, 0) is 43.5 Å². The fraction of sp³-hybridized carbons (Fsp3) is 0.300. The number of aromatic nitrogens is 1. The molecule has 6 heteroatoms. The van der Waals surface area contributed by atoms with E-state index in [-0.39, 0.29) is 11.7 Å². The molecular weight excluding hydrogens is 346 g/mol. The number of nitrogens with zero attached hydrogens (tertiary/aromatic N) is 1. The van der Waals surface area contributed by atoms with Crippen LogP contribution in [0.1, 0.15) is 41.1 Å². The molecule has 0 aliphatic heterocycles. The molecule has 0 unspecified atom stereocenters. The van der Waals surface area contributed by atoms with Gasteiger partial charge in [-0.3, -0.25) is 10.1 Å². The minimum Gasteiger partial charge on any atom is -0.459 e. The van der Waals surface area contributed by atoms with Crippen LogP contribution in [0, 0.1) is 0 Å². The third-order valence-corrected chi connectivity index (χ3v) is 4.79. The summed E-state index contributed by atoms with van der Waals surface area (Å²) in [6, 6.07) is 13.9. The van der Waals surface area contributed by atoms with Crippen LogP contribution >= 0.6 is 11.3 Å². The molecule has 1 aromatic carbocycles. The van der Waals surface area contributed by atoms with Gasteiger partial charge in [0.2, 0.25) is 0 Å². The number of unbranched alkanes of at least 4 members (excludes halogenated alkanes) is 2. The highest BCUT2D eigenvalue weighted by molar-refractivity contribution is 7.13. The summed E-state index contributed by atoms with van der Waals surface area (Å²) < 4.78 is 5.07. The van der Waals surface area contributed by atoms with Crippen LogP contribution in [0.5, 0.6) is 0 Å². The topological polar surface area (TPSA) is 67.2 Å². The molecule has 0 aliphatic rings. The maximum atomic E-state index is 11.9. The maximum absolute atomic E-state index is 11.9. The first-order chi connectivity index (χ1) is 12.8. The Morgan fingerprint density at radius 1 is 1.08 bits per heavy atom. The second-order valence-corrected chi connectivity index (χ2v) is 6.91. The minimum atomic E-state index is -0.276. The van der Waals surface area contributed by atoms with Gasteiger partial charge >= 0.3 is 0 Å². The van der Waals surface area contributed by atoms with Crippen molar-refractivity contribution in [2.45, 2.75) is 32.2 Å². The Bertz CT molecular complexity index is 785. The number of furan rings is 1. The first-order valence-electron chi connectivity index (χ1n) is 8.85. The van der Waals surface area contributed by atoms with E-state index in [1.54, 1.807) is 12.1 Å². The number of thiazole rings is 1. The number of rotatable bonds is 10. The highest BCUT2D eigenvalue weighted by atomic mass is 32.1. The zero-order chi connectivity index (χ0) is 18.0. The van der Waals surface area contributed by atoms with Crippen LogP contribution in [-0.2, 0) is 13.0 Å². The molecule has 2 aromatic heterocycles. The van der Waals surface area contributed by atoms with E-state index < -0.39 is 0 Å². The van der Waals surface area contributed by atoms with Crippen LogP contribution in [-0.4, -0.2) is 17.4 Å². The monoisotopic (exact) mass is 369 g/mol. The molecule has 0 spiro atoms. The lowest BCUT2D eigenvalue weighted by molar-refractivity contribution is 0.0996. The molecule has 2 heterocycles. The number of hydrogen-bond donors (Lipinski definition) is 2. The fourth-order valence-corrected chi connectivity index (χ4v) is 3.33. The summed E-state index contributed by atoms with van der Waals surface area (Å²) in [7, 11) is 0. The van der Waals surface area contributed by atoms with Crippen LogP contribution in [0.25, 0.3) is 0 Å². The molecule has 0 bridgehead atoms. The van der Waals surface area contributed by atoms with Crippen molar-refractivity contribution in [1.82, 2.24) is 10.3 Å². The molecule has 0 fully saturated rings. The largest absolute Gasteiger partial charge is 0.459 e. The summed E-state index contributed by atoms with van der Waals surface area (Å²) in [5.74, 6) is 0.0117. The Morgan fingerprint density at radius 3 is 2.77 bits per heavy atom. The Morgan fingerprint density at radius 2 is 1.96 bits per heavy atom. The summed E-state index contributed by atoms with van der Waals surface area (Å²) in [4.78, 5) is 16.3. The molecule has 2 N–H and O–H groups in total. The lowest BCUT2D eigenvalue weighted by Crippen LogP contribution is -2.15. The summed E-state index contributed by atoms with van der Waals surface area (Å²) in [5.41, 5.74) is 2.35. The predicted octanol–water partition coefficient (Wildman–Crippen LogP) is 4.49. The molecule has 0 aliphatic carbocycles. The number of carbonyl (C=O) groups excluding carboxylic acids is 1. The minimum absolute atomic E-state index is 0.276. The average molecular weight is 369 g/mol. The zero-order valence-electron chi connectivity index (χ0n) is 14.6. The molecule has 0 atom stereocenters. The van der Waals surface area contributed by atoms with Crippen molar-refractivity contribution in [3.8, 4) is 0 Å². The Labute approximate surface area is 157 Å². The summed E-state index contributed by atoms with van der Waals surface area (Å²) in [5, 5.41) is 8.70. The Kier molecular flexibility index (Phi) is 6.98. The van der Waals surface area contributed by atoms with Crippen molar-refractivity contribution in [3.05, 3.63) is 71.1 Å². The molecule has 26 heavy (non-hydrogen) atoms. The number of benzene rings is 1. The van der Waals surface area contributed by atoms with Crippen molar-refractivity contribution in [3.63, 3.8) is 0 Å². The van der Waals surface area contributed by atoms with Gasteiger partial charge in [-0.25, -0.2) is 4.98 Å². The number of carbonyl (C=O) groups is 1. The van der Waals surface area contributed by atoms with Crippen molar-refractivity contribution in [2.75, 3.05) is 11.9 Å². The standard InChI is InChI=1S/C20H23N3O2S/c24-19(18-11-7-13-25-18)23-20-22-17(15-26-20)14-21-12-6-2-5-10-16-8-3-1-4-9-16/h1,3-4,7-9,11,13,15,21H,2,5-6,10,12,14H2,(H,22,23,24). The summed E-state index contributed by atoms with van der Waals surface area (Å²) in [6.07, 6.45) is 6.20. The number of amides is 1. The lowest BCUT2D eigenvalue weighted by Gasteiger charge is -2.03. The van der Waals surface area contributed by atoms with Gasteiger partial charge in [0.05, 0.1) is 12.0 Å². The highest BCUT2D eigenvalue weighted by Crippen LogP contribution is 2.16. The number of nitrogens with one attached hydrogen (secondary N) is 2. The van der Waals surface area contributed by atoms with Gasteiger partial charge in [-0.1, -0.05) is 36.8 Å². The molecule has 136 valence electrons. The van der Waals surface area contributed by atoms with E-state index in [2.05, 4.69) is 45.9 Å². The average Bonchev–Trinajstić information content (AvgIpc) is 3.34. The van der Waals surface area contributed by atoms with Crippen LogP contribution in [0.2, 0.25) is 0 Å². The van der Waals surface area contributed by atoms with Crippen molar-refractivity contribution in [1.29, 1.82) is 0 Å². The van der Waals surface area contributed by atoms with E-state index >= 15 is 0 Å². The molecule has 0 saturated carbocycles. The van der Waals surface area contributed by atoms with Crippen LogP contribution < -0.4 is 10.6 Å². The number of anilines is 1. The lowest BCUT2D eigenvalue weighted by atomic mass is 10.1. The van der Waals surface area contributed by atoms with E-state index in [4.69, 9.17) is 4.42 Å². The van der Waals surface area contributed by atoms with Gasteiger partial charge in [-0.15, -0.1) is 11.3 Å². The molecule has 0 radical (unpaired) electrons. The number of hydrogen-bond acceptors (Lipinski definition) is 5. The number of aryl methyl sites for hydroxylation is 1. The molecule has 1 amide bonds. The van der Waals surface area contributed by atoms with Gasteiger partial charge in [0.15, 0.2) is 10.9 Å². The zero-order valence-corrected chi connectivity index (χ0v) is 15.4. The Balaban J connectivity index is 1.28. The van der Waals surface area contributed by atoms with Gasteiger partial charge in [0.1, 0.15) is 0 Å². The van der Waals surface area contributed by atoms with Crippen molar-refractivity contribution in [2.24, 2.45) is 0 Å². The van der Waals surface area contributed by atoms with Crippen molar-refractivity contribution >= 4 is 22.4 Å². The third kappa shape index (κ3) is 5.82. The second-order valence-electron chi connectivity index (χ2n) is 6.05. The van der Waals surface area contributed by atoms with Gasteiger partial charge in [0, 0.05) is 11.9 Å². The van der Waals surface area contributed by atoms with Gasteiger partial charge in [-0.2, -0.15) is 0 Å². The van der Waals surface area contributed by atoms with E-state index in [0.717, 1.165) is 25.1 Å². The molecule has 0 saturated heterocycles. The fourth-order valence-electron chi connectivity index (χ4n) is 2.63. The molecule has 5 nitrogen and oxygen atoms in total. The molecular formula is C20H23N3O2S. The smallest absolute Gasteiger partial charge is 0.293 e. The summed E-state index contributed by atoms with van der Waals surface area (Å²) >= 11 is 1.42. The van der Waals surface area contributed by atoms with Crippen LogP contribution in [0.15, 0.2) is 58.5 Å². The predicted molar refractivity (Wildman–Crippen MR) is 104 cm³/mol. The van der Waals surface area contributed by atoms with Gasteiger partial charge in [0.25, 0.3) is 5.91 Å². The van der Waals surface area contributed by atoms with E-state index in [1.807, 2.05) is 5.38 Å². The normalized spacial score (nSPS) is 10.8. The van der Waals surface area contributed by atoms with Crippen LogP contribution in [0.3, 0.4) is 0 Å². The highest BCUT2D eigenvalue weighted by Gasteiger charge is 2.11. The molecule has 3 aromatic rings. The van der Waals surface area contributed by atoms with E-state index in [1.165, 1.54) is 36.0 Å². The SMILES string of the molecule is O=C(Nc1nc(CNCCCCCc2ccccc2)cs1)c1ccco1. The van der Waals surface area contributed by atoms with E-state index in [0.29, 0.717) is 11.7 Å². The third-order valence-electron chi connectivity index (χ3n) is 3.99. The van der Waals surface area contributed by atoms with Crippen molar-refractivity contribution < 1.29 is 9.21 Å². The van der Waals surface area contributed by atoms with Crippen LogP contribution in [0.4, 0.5) is 5.13 Å². The maximum Gasteiger partial charge on any atom is 0.293 e. The first-order valence-corrected chi connectivity index (χ1v) is 9.73. The second kappa shape index (κ2) is 9.89.